The zero-order chi connectivity index (χ0) is 17.5. The Bertz CT molecular complexity index is 697. The number of anilines is 1. The van der Waals surface area contributed by atoms with Crippen molar-refractivity contribution in [3.8, 4) is 6.07 Å². The van der Waals surface area contributed by atoms with Gasteiger partial charge in [0, 0.05) is 18.4 Å². The summed E-state index contributed by atoms with van der Waals surface area (Å²) in [6.45, 7) is 0.687. The molecule has 2 rings (SSSR count). The van der Waals surface area contributed by atoms with Gasteiger partial charge in [0.1, 0.15) is 17.7 Å². The molecule has 0 saturated heterocycles. The molecule has 0 fully saturated rings. The van der Waals surface area contributed by atoms with Crippen LogP contribution in [0.4, 0.5) is 5.69 Å². The van der Waals surface area contributed by atoms with Gasteiger partial charge in [-0.25, -0.2) is 4.79 Å². The highest BCUT2D eigenvalue weighted by Crippen LogP contribution is 2.28. The van der Waals surface area contributed by atoms with Crippen molar-refractivity contribution in [2.24, 2.45) is 0 Å². The van der Waals surface area contributed by atoms with Crippen molar-refractivity contribution in [2.75, 3.05) is 23.5 Å². The lowest BCUT2D eigenvalue weighted by atomic mass is 10.2. The molecule has 0 radical (unpaired) electrons. The number of carboxylic acid groups (broad SMARTS) is 1. The molecule has 1 atom stereocenters. The summed E-state index contributed by atoms with van der Waals surface area (Å²) < 4.78 is 0. The molecule has 0 bridgehead atoms. The minimum absolute atomic E-state index is 0.0953. The highest BCUT2D eigenvalue weighted by molar-refractivity contribution is 7.98. The van der Waals surface area contributed by atoms with Crippen LogP contribution in [0.1, 0.15) is 12.0 Å². The molecule has 1 unspecified atom stereocenters. The van der Waals surface area contributed by atoms with E-state index < -0.39 is 17.9 Å². The summed E-state index contributed by atoms with van der Waals surface area (Å²) in [7, 11) is 0. The predicted molar refractivity (Wildman–Crippen MR) is 93.8 cm³/mol. The first-order chi connectivity index (χ1) is 11.6. The quantitative estimate of drug-likeness (QED) is 0.578. The molecule has 1 aromatic rings. The Labute approximate surface area is 145 Å². The van der Waals surface area contributed by atoms with Crippen LogP contribution in [0.25, 0.3) is 0 Å². The van der Waals surface area contributed by atoms with Crippen LogP contribution in [0.5, 0.6) is 0 Å². The summed E-state index contributed by atoms with van der Waals surface area (Å²) >= 11 is 1.50. The van der Waals surface area contributed by atoms with Crippen LogP contribution in [0, 0.1) is 11.3 Å². The molecule has 126 valence electrons. The Kier molecular flexibility index (Phi) is 6.27. The monoisotopic (exact) mass is 345 g/mol. The molecule has 1 amide bonds. The minimum atomic E-state index is -1.10. The van der Waals surface area contributed by atoms with E-state index >= 15 is 0 Å². The molecule has 0 spiro atoms. The highest BCUT2D eigenvalue weighted by atomic mass is 32.2. The van der Waals surface area contributed by atoms with E-state index in [1.165, 1.54) is 18.0 Å². The number of hydrogen-bond donors (Lipinski definition) is 2. The van der Waals surface area contributed by atoms with Crippen LogP contribution in [-0.4, -0.2) is 41.6 Å². The van der Waals surface area contributed by atoms with Gasteiger partial charge >= 0.3 is 5.97 Å². The molecule has 1 aliphatic rings. The number of hydrogen-bond acceptors (Lipinski definition) is 5. The van der Waals surface area contributed by atoms with E-state index in [1.54, 1.807) is 0 Å². The standard InChI is InChI=1S/C17H19N3O3S/c1-24-9-7-14(17(22)23)19-16(21)13(10-18)11-20-8-6-12-4-2-3-5-15(12)20/h2-5,11,14H,6-9H2,1H3,(H,19,21)(H,22,23)/b13-11-. The van der Waals surface area contributed by atoms with Crippen LogP contribution in [-0.2, 0) is 16.0 Å². The number of aliphatic carboxylic acids is 1. The van der Waals surface area contributed by atoms with Gasteiger partial charge in [0.05, 0.1) is 0 Å². The number of amides is 1. The van der Waals surface area contributed by atoms with Gasteiger partial charge in [-0.3, -0.25) is 4.79 Å². The topological polar surface area (TPSA) is 93.4 Å². The van der Waals surface area contributed by atoms with Crippen molar-refractivity contribution < 1.29 is 14.7 Å². The van der Waals surface area contributed by atoms with E-state index in [1.807, 2.05) is 41.5 Å². The number of carboxylic acids is 1. The second-order valence-electron chi connectivity index (χ2n) is 5.37. The zero-order valence-electron chi connectivity index (χ0n) is 13.4. The molecule has 1 aromatic carbocycles. The van der Waals surface area contributed by atoms with E-state index in [4.69, 9.17) is 0 Å². The Morgan fingerprint density at radius 1 is 1.50 bits per heavy atom. The Morgan fingerprint density at radius 2 is 2.25 bits per heavy atom. The van der Waals surface area contributed by atoms with Crippen molar-refractivity contribution in [1.29, 1.82) is 5.26 Å². The largest absolute Gasteiger partial charge is 0.480 e. The molecule has 24 heavy (non-hydrogen) atoms. The number of fused-ring (bicyclic) bond motifs is 1. The summed E-state index contributed by atoms with van der Waals surface area (Å²) in [5, 5.41) is 20.9. The summed E-state index contributed by atoms with van der Waals surface area (Å²) in [6.07, 6.45) is 4.52. The fraction of sp³-hybridized carbons (Fsp3) is 0.353. The Hall–Kier alpha value is -2.46. The molecule has 2 N–H and O–H groups in total. The van der Waals surface area contributed by atoms with Gasteiger partial charge in [0.2, 0.25) is 0 Å². The normalized spacial score (nSPS) is 14.7. The second-order valence-corrected chi connectivity index (χ2v) is 6.36. The zero-order valence-corrected chi connectivity index (χ0v) is 14.2. The van der Waals surface area contributed by atoms with E-state index in [9.17, 15) is 20.0 Å². The van der Waals surface area contributed by atoms with Gasteiger partial charge in [-0.2, -0.15) is 17.0 Å². The molecular weight excluding hydrogens is 326 g/mol. The average Bonchev–Trinajstić information content (AvgIpc) is 2.99. The predicted octanol–water partition coefficient (Wildman–Crippen LogP) is 1.78. The van der Waals surface area contributed by atoms with E-state index in [-0.39, 0.29) is 5.57 Å². The third kappa shape index (κ3) is 4.30. The summed E-state index contributed by atoms with van der Waals surface area (Å²) in [5.74, 6) is -1.14. The number of benzene rings is 1. The Balaban J connectivity index is 2.12. The first kappa shape index (κ1) is 17.9. The number of nitriles is 1. The van der Waals surface area contributed by atoms with Crippen LogP contribution >= 0.6 is 11.8 Å². The smallest absolute Gasteiger partial charge is 0.326 e. The SMILES string of the molecule is CSCCC(NC(=O)/C(C#N)=C\N1CCc2ccccc21)C(=O)O. The molecule has 0 saturated carbocycles. The summed E-state index contributed by atoms with van der Waals surface area (Å²) in [4.78, 5) is 25.3. The number of thioether (sulfide) groups is 1. The van der Waals surface area contributed by atoms with Crippen LogP contribution in [0.15, 0.2) is 36.0 Å². The van der Waals surface area contributed by atoms with Gasteiger partial charge in [-0.15, -0.1) is 0 Å². The molecular formula is C17H19N3O3S. The fourth-order valence-electron chi connectivity index (χ4n) is 2.52. The molecule has 0 aromatic heterocycles. The van der Waals surface area contributed by atoms with Crippen molar-refractivity contribution in [3.05, 3.63) is 41.6 Å². The summed E-state index contributed by atoms with van der Waals surface area (Å²) in [6, 6.07) is 8.68. The van der Waals surface area contributed by atoms with Crippen LogP contribution in [0.3, 0.4) is 0 Å². The van der Waals surface area contributed by atoms with Gasteiger partial charge < -0.3 is 15.3 Å². The lowest BCUT2D eigenvalue weighted by Gasteiger charge is -2.16. The molecule has 1 heterocycles. The van der Waals surface area contributed by atoms with Crippen LogP contribution < -0.4 is 10.2 Å². The molecule has 6 nitrogen and oxygen atoms in total. The fourth-order valence-corrected chi connectivity index (χ4v) is 2.99. The number of nitrogens with one attached hydrogen (secondary N) is 1. The molecule has 0 aliphatic carbocycles. The second kappa shape index (κ2) is 8.41. The number of rotatable bonds is 7. The Morgan fingerprint density at radius 3 is 2.92 bits per heavy atom. The van der Waals surface area contributed by atoms with E-state index in [0.717, 1.165) is 17.7 Å². The molecule has 7 heteroatoms. The van der Waals surface area contributed by atoms with Gasteiger partial charge in [-0.1, -0.05) is 18.2 Å². The first-order valence-electron chi connectivity index (χ1n) is 7.56. The van der Waals surface area contributed by atoms with Gasteiger partial charge in [0.25, 0.3) is 5.91 Å². The number of carbonyl (C=O) groups excluding carboxylic acids is 1. The lowest BCUT2D eigenvalue weighted by molar-refractivity contribution is -0.141. The van der Waals surface area contributed by atoms with Gasteiger partial charge in [-0.05, 0) is 36.5 Å². The number of para-hydroxylation sites is 1. The van der Waals surface area contributed by atoms with Crippen molar-refractivity contribution in [1.82, 2.24) is 5.32 Å². The van der Waals surface area contributed by atoms with E-state index in [0.29, 0.717) is 18.7 Å². The third-order valence-corrected chi connectivity index (χ3v) is 4.43. The highest BCUT2D eigenvalue weighted by Gasteiger charge is 2.23. The number of carbonyl (C=O) groups is 2. The van der Waals surface area contributed by atoms with E-state index in [2.05, 4.69) is 5.32 Å². The third-order valence-electron chi connectivity index (χ3n) is 3.79. The average molecular weight is 345 g/mol. The van der Waals surface area contributed by atoms with Crippen LogP contribution in [0.2, 0.25) is 0 Å². The van der Waals surface area contributed by atoms with Crippen molar-refractivity contribution in [3.63, 3.8) is 0 Å². The van der Waals surface area contributed by atoms with Crippen molar-refractivity contribution in [2.45, 2.75) is 18.9 Å². The van der Waals surface area contributed by atoms with Crippen molar-refractivity contribution >= 4 is 29.3 Å². The maximum atomic E-state index is 12.3. The van der Waals surface area contributed by atoms with Gasteiger partial charge in [0.15, 0.2) is 0 Å². The first-order valence-corrected chi connectivity index (χ1v) is 8.95. The lowest BCUT2D eigenvalue weighted by Crippen LogP contribution is -2.42. The maximum Gasteiger partial charge on any atom is 0.326 e. The summed E-state index contributed by atoms with van der Waals surface area (Å²) in [5.41, 5.74) is 2.03. The maximum absolute atomic E-state index is 12.3. The number of nitrogens with zero attached hydrogens (tertiary/aromatic N) is 2. The molecule has 1 aliphatic heterocycles. The minimum Gasteiger partial charge on any atom is -0.480 e.